The van der Waals surface area contributed by atoms with Crippen LogP contribution in [0, 0.1) is 0 Å². The Morgan fingerprint density at radius 3 is 2.19 bits per heavy atom. The van der Waals surface area contributed by atoms with Crippen molar-refractivity contribution in [1.82, 2.24) is 0 Å². The maximum atomic E-state index is 14.6. The van der Waals surface area contributed by atoms with Gasteiger partial charge in [-0.05, 0) is 53.9 Å². The molecule has 0 saturated carbocycles. The SMILES string of the molecule is CCC(=O)N(F)c1ccc(O)cc1NC(=O)C(CC)Oc1ccc(C(C)(C)CC)cc1C(C)(C)CC. The smallest absolute Gasteiger partial charge is 0.265 e. The number of hydrogen-bond donors (Lipinski definition) is 2. The van der Waals surface area contributed by atoms with E-state index < -0.39 is 17.9 Å². The molecule has 0 radical (unpaired) electrons. The Morgan fingerprint density at radius 2 is 1.64 bits per heavy atom. The number of carbonyl (C=O) groups is 2. The van der Waals surface area contributed by atoms with Crippen molar-refractivity contribution in [3.63, 3.8) is 0 Å². The molecule has 2 rings (SSSR count). The molecular formula is C29H41FN2O4. The van der Waals surface area contributed by atoms with Gasteiger partial charge in [0.15, 0.2) is 6.10 Å². The predicted molar refractivity (Wildman–Crippen MR) is 143 cm³/mol. The summed E-state index contributed by atoms with van der Waals surface area (Å²) >= 11 is 0. The quantitative estimate of drug-likeness (QED) is 0.320. The largest absolute Gasteiger partial charge is 0.508 e. The minimum Gasteiger partial charge on any atom is -0.508 e. The highest BCUT2D eigenvalue weighted by Gasteiger charge is 2.29. The summed E-state index contributed by atoms with van der Waals surface area (Å²) in [5, 5.41) is 12.5. The van der Waals surface area contributed by atoms with Gasteiger partial charge in [0.05, 0.1) is 5.69 Å². The zero-order valence-electron chi connectivity index (χ0n) is 22.9. The summed E-state index contributed by atoms with van der Waals surface area (Å²) in [5.41, 5.74) is 1.88. The lowest BCUT2D eigenvalue weighted by Gasteiger charge is -2.31. The summed E-state index contributed by atoms with van der Waals surface area (Å²) in [5.74, 6) is -0.800. The number of rotatable bonds is 11. The molecule has 2 amide bonds. The first-order valence-electron chi connectivity index (χ1n) is 12.8. The fraction of sp³-hybridized carbons (Fsp3) is 0.517. The van der Waals surface area contributed by atoms with Gasteiger partial charge in [-0.2, -0.15) is 0 Å². The summed E-state index contributed by atoms with van der Waals surface area (Å²) in [6, 6.07) is 9.87. The summed E-state index contributed by atoms with van der Waals surface area (Å²) in [6.07, 6.45) is 1.31. The van der Waals surface area contributed by atoms with Crippen LogP contribution in [0.25, 0.3) is 0 Å². The summed E-state index contributed by atoms with van der Waals surface area (Å²) in [4.78, 5) is 25.1. The molecule has 0 bridgehead atoms. The van der Waals surface area contributed by atoms with Crippen LogP contribution in [0.1, 0.15) is 92.2 Å². The van der Waals surface area contributed by atoms with Gasteiger partial charge in [-0.3, -0.25) is 9.59 Å². The molecule has 0 fully saturated rings. The first-order chi connectivity index (χ1) is 16.8. The van der Waals surface area contributed by atoms with Crippen molar-refractivity contribution in [1.29, 1.82) is 0 Å². The van der Waals surface area contributed by atoms with Crippen LogP contribution >= 0.6 is 0 Å². The molecule has 6 nitrogen and oxygen atoms in total. The van der Waals surface area contributed by atoms with E-state index in [9.17, 15) is 19.2 Å². The Labute approximate surface area is 214 Å². The molecule has 2 N–H and O–H groups in total. The molecule has 2 aromatic carbocycles. The maximum absolute atomic E-state index is 14.6. The number of phenols is 1. The molecule has 0 aromatic heterocycles. The number of hydrogen-bond acceptors (Lipinski definition) is 4. The predicted octanol–water partition coefficient (Wildman–Crippen LogP) is 7.19. The molecule has 0 spiro atoms. The van der Waals surface area contributed by atoms with Crippen LogP contribution < -0.4 is 15.2 Å². The first kappa shape index (κ1) is 29.1. The highest BCUT2D eigenvalue weighted by molar-refractivity contribution is 6.01. The Kier molecular flexibility index (Phi) is 9.52. The van der Waals surface area contributed by atoms with E-state index in [0.29, 0.717) is 12.2 Å². The topological polar surface area (TPSA) is 78.9 Å². The molecule has 0 aliphatic heterocycles. The maximum Gasteiger partial charge on any atom is 0.265 e. The summed E-state index contributed by atoms with van der Waals surface area (Å²) in [6.45, 7) is 16.4. The number of nitrogens with one attached hydrogen (secondary N) is 1. The van der Waals surface area contributed by atoms with Gasteiger partial charge in [0.1, 0.15) is 17.2 Å². The van der Waals surface area contributed by atoms with Gasteiger partial charge >= 0.3 is 0 Å². The van der Waals surface area contributed by atoms with Crippen molar-refractivity contribution in [2.75, 3.05) is 10.4 Å². The van der Waals surface area contributed by atoms with Gasteiger partial charge in [-0.1, -0.05) is 72.0 Å². The average Bonchev–Trinajstić information content (AvgIpc) is 2.86. The van der Waals surface area contributed by atoms with Crippen LogP contribution in [-0.4, -0.2) is 23.0 Å². The van der Waals surface area contributed by atoms with E-state index in [1.165, 1.54) is 30.7 Å². The van der Waals surface area contributed by atoms with E-state index in [2.05, 4.69) is 52.9 Å². The molecule has 2 aromatic rings. The number of nitrogens with zero attached hydrogens (tertiary/aromatic N) is 1. The fourth-order valence-corrected chi connectivity index (χ4v) is 3.73. The summed E-state index contributed by atoms with van der Waals surface area (Å²) < 4.78 is 20.9. The number of carbonyl (C=O) groups excluding carboxylic acids is 2. The third kappa shape index (κ3) is 6.56. The van der Waals surface area contributed by atoms with Crippen LogP contribution in [0.15, 0.2) is 36.4 Å². The van der Waals surface area contributed by atoms with E-state index in [4.69, 9.17) is 4.74 Å². The molecule has 1 unspecified atom stereocenters. The molecule has 7 heteroatoms. The van der Waals surface area contributed by atoms with Crippen LogP contribution in [-0.2, 0) is 20.4 Å². The number of amides is 2. The first-order valence-corrected chi connectivity index (χ1v) is 12.8. The van der Waals surface area contributed by atoms with E-state index >= 15 is 0 Å². The van der Waals surface area contributed by atoms with Gasteiger partial charge in [-0.25, -0.2) is 0 Å². The van der Waals surface area contributed by atoms with Gasteiger partial charge in [-0.15, -0.1) is 5.12 Å². The third-order valence-electron chi connectivity index (χ3n) is 7.16. The zero-order valence-corrected chi connectivity index (χ0v) is 22.9. The molecular weight excluding hydrogens is 459 g/mol. The second-order valence-corrected chi connectivity index (χ2v) is 10.4. The standard InChI is InChI=1S/C29H41FN2O4/c1-9-24(27(35)31-22-18-20(33)14-15-23(22)32(30)26(34)10-2)36-25-16-13-19(28(5,6)11-3)17-21(25)29(7,8)12-4/h13-18,24,33H,9-12H2,1-8H3,(H,31,35). The Hall–Kier alpha value is -3.09. The Morgan fingerprint density at radius 1 is 1.00 bits per heavy atom. The van der Waals surface area contributed by atoms with Crippen molar-refractivity contribution < 1.29 is 23.9 Å². The Bertz CT molecular complexity index is 1080. The third-order valence-corrected chi connectivity index (χ3v) is 7.16. The second kappa shape index (κ2) is 11.8. The highest BCUT2D eigenvalue weighted by atomic mass is 19.2. The second-order valence-electron chi connectivity index (χ2n) is 10.4. The lowest BCUT2D eigenvalue weighted by atomic mass is 9.76. The van der Waals surface area contributed by atoms with E-state index in [0.717, 1.165) is 18.4 Å². The van der Waals surface area contributed by atoms with Crippen LogP contribution in [0.3, 0.4) is 0 Å². The number of halogens is 1. The van der Waals surface area contributed by atoms with Gasteiger partial charge in [0, 0.05) is 18.1 Å². The molecule has 1 atom stereocenters. The van der Waals surface area contributed by atoms with Crippen LogP contribution in [0.2, 0.25) is 0 Å². The molecule has 0 aliphatic carbocycles. The van der Waals surface area contributed by atoms with Crippen molar-refractivity contribution in [2.45, 2.75) is 98.0 Å². The highest BCUT2D eigenvalue weighted by Crippen LogP contribution is 2.39. The monoisotopic (exact) mass is 500 g/mol. The minimum atomic E-state index is -0.869. The molecule has 0 heterocycles. The van der Waals surface area contributed by atoms with Crippen molar-refractivity contribution >= 4 is 23.2 Å². The van der Waals surface area contributed by atoms with Gasteiger partial charge in [0.25, 0.3) is 11.8 Å². The Balaban J connectivity index is 2.41. The number of aromatic hydroxyl groups is 1. The van der Waals surface area contributed by atoms with Gasteiger partial charge in [0.2, 0.25) is 0 Å². The van der Waals surface area contributed by atoms with Crippen LogP contribution in [0.5, 0.6) is 11.5 Å². The van der Waals surface area contributed by atoms with E-state index in [1.807, 2.05) is 19.1 Å². The number of phenolic OH excluding ortho intramolecular Hbond substituents is 1. The average molecular weight is 501 g/mol. The lowest BCUT2D eigenvalue weighted by molar-refractivity contribution is -0.123. The van der Waals surface area contributed by atoms with Gasteiger partial charge < -0.3 is 15.2 Å². The van der Waals surface area contributed by atoms with E-state index in [-0.39, 0.29) is 39.5 Å². The number of ether oxygens (including phenoxy) is 1. The fourth-order valence-electron chi connectivity index (χ4n) is 3.73. The summed E-state index contributed by atoms with van der Waals surface area (Å²) in [7, 11) is 0. The number of benzene rings is 2. The number of anilines is 2. The molecule has 0 aliphatic rings. The molecule has 36 heavy (non-hydrogen) atoms. The van der Waals surface area contributed by atoms with E-state index in [1.54, 1.807) is 0 Å². The van der Waals surface area contributed by atoms with Crippen molar-refractivity contribution in [3.8, 4) is 11.5 Å². The normalized spacial score (nSPS) is 12.7. The lowest BCUT2D eigenvalue weighted by Crippen LogP contribution is -2.34. The van der Waals surface area contributed by atoms with Crippen molar-refractivity contribution in [3.05, 3.63) is 47.5 Å². The molecule has 198 valence electrons. The van der Waals surface area contributed by atoms with Crippen molar-refractivity contribution in [2.24, 2.45) is 0 Å². The minimum absolute atomic E-state index is 0.00148. The molecule has 0 saturated heterocycles. The zero-order chi connectivity index (χ0) is 27.3. The van der Waals surface area contributed by atoms with Crippen LogP contribution in [0.4, 0.5) is 15.9 Å².